The summed E-state index contributed by atoms with van der Waals surface area (Å²) in [6.07, 6.45) is 1.34. The molecule has 0 saturated carbocycles. The number of nitrogens with two attached hydrogens (primary N) is 1. The lowest BCUT2D eigenvalue weighted by Crippen LogP contribution is -2.55. The van der Waals surface area contributed by atoms with E-state index < -0.39 is 16.6 Å². The SMILES string of the molecule is CC.C[C@@H]1CN(C(=O)OC(C)(C)C)CCN1c1ncccc1S(N)=O. The van der Waals surface area contributed by atoms with Gasteiger partial charge in [-0.15, -0.1) is 0 Å². The Balaban J connectivity index is 0.00000151. The second kappa shape index (κ2) is 9.15. The van der Waals surface area contributed by atoms with Gasteiger partial charge in [-0.3, -0.25) is 0 Å². The number of aromatic nitrogens is 1. The van der Waals surface area contributed by atoms with Crippen LogP contribution in [0.4, 0.5) is 10.6 Å². The first kappa shape index (κ1) is 21.4. The van der Waals surface area contributed by atoms with Crippen molar-refractivity contribution in [3.8, 4) is 0 Å². The number of amides is 1. The molecule has 2 N–H and O–H groups in total. The van der Waals surface area contributed by atoms with E-state index in [-0.39, 0.29) is 12.1 Å². The maximum absolute atomic E-state index is 12.2. The van der Waals surface area contributed by atoms with Crippen molar-refractivity contribution in [3.63, 3.8) is 0 Å². The molecule has 7 nitrogen and oxygen atoms in total. The summed E-state index contributed by atoms with van der Waals surface area (Å²) < 4.78 is 17.1. The molecule has 1 aromatic heterocycles. The molecule has 1 amide bonds. The van der Waals surface area contributed by atoms with Crippen molar-refractivity contribution in [1.29, 1.82) is 0 Å². The number of ether oxygens (including phenoxy) is 1. The Morgan fingerprint density at radius 3 is 2.52 bits per heavy atom. The third kappa shape index (κ3) is 5.97. The summed E-state index contributed by atoms with van der Waals surface area (Å²) in [6, 6.07) is 3.45. The molecular formula is C17H30N4O3S. The van der Waals surface area contributed by atoms with Crippen LogP contribution in [-0.4, -0.2) is 51.5 Å². The second-order valence-corrected chi connectivity index (χ2v) is 7.63. The molecule has 0 aromatic carbocycles. The Kier molecular flexibility index (Phi) is 7.82. The van der Waals surface area contributed by atoms with E-state index in [9.17, 15) is 9.00 Å². The van der Waals surface area contributed by atoms with Crippen LogP contribution in [0.1, 0.15) is 41.5 Å². The van der Waals surface area contributed by atoms with Crippen molar-refractivity contribution >= 4 is 22.9 Å². The van der Waals surface area contributed by atoms with Gasteiger partial charge in [0.05, 0.1) is 4.90 Å². The molecule has 0 aliphatic carbocycles. The average Bonchev–Trinajstić information content (AvgIpc) is 2.55. The van der Waals surface area contributed by atoms with Crippen molar-refractivity contribution in [2.75, 3.05) is 24.5 Å². The molecule has 0 radical (unpaired) electrons. The van der Waals surface area contributed by atoms with E-state index in [1.54, 1.807) is 23.2 Å². The van der Waals surface area contributed by atoms with Gasteiger partial charge in [0.2, 0.25) is 0 Å². The van der Waals surface area contributed by atoms with Gasteiger partial charge in [-0.25, -0.2) is 19.1 Å². The largest absolute Gasteiger partial charge is 0.444 e. The number of pyridine rings is 1. The van der Waals surface area contributed by atoms with Crippen LogP contribution in [0.2, 0.25) is 0 Å². The maximum Gasteiger partial charge on any atom is 0.410 e. The van der Waals surface area contributed by atoms with Gasteiger partial charge >= 0.3 is 6.09 Å². The fourth-order valence-corrected chi connectivity index (χ4v) is 3.08. The van der Waals surface area contributed by atoms with Crippen LogP contribution in [0, 0.1) is 0 Å². The number of carbonyl (C=O) groups excluding carboxylic acids is 1. The number of nitrogens with zero attached hydrogens (tertiary/aromatic N) is 3. The highest BCUT2D eigenvalue weighted by atomic mass is 32.2. The van der Waals surface area contributed by atoms with E-state index in [1.165, 1.54) is 0 Å². The third-order valence-corrected chi connectivity index (χ3v) is 4.27. The van der Waals surface area contributed by atoms with Gasteiger partial charge in [0.15, 0.2) is 0 Å². The summed E-state index contributed by atoms with van der Waals surface area (Å²) in [4.78, 5) is 20.7. The lowest BCUT2D eigenvalue weighted by atomic mass is 10.2. The highest BCUT2D eigenvalue weighted by molar-refractivity contribution is 7.82. The minimum atomic E-state index is -1.60. The number of anilines is 1. The second-order valence-electron chi connectivity index (χ2n) is 6.59. The molecule has 2 atom stereocenters. The van der Waals surface area contributed by atoms with Gasteiger partial charge in [-0.2, -0.15) is 0 Å². The Morgan fingerprint density at radius 1 is 1.36 bits per heavy atom. The molecule has 8 heteroatoms. The summed E-state index contributed by atoms with van der Waals surface area (Å²) in [5.41, 5.74) is -0.512. The van der Waals surface area contributed by atoms with Gasteiger partial charge < -0.3 is 14.5 Å². The van der Waals surface area contributed by atoms with Gasteiger partial charge in [0.1, 0.15) is 22.4 Å². The van der Waals surface area contributed by atoms with E-state index >= 15 is 0 Å². The topological polar surface area (TPSA) is 88.8 Å². The molecule has 0 bridgehead atoms. The van der Waals surface area contributed by atoms with Crippen molar-refractivity contribution < 1.29 is 13.7 Å². The zero-order valence-corrected chi connectivity index (χ0v) is 16.8. The summed E-state index contributed by atoms with van der Waals surface area (Å²) in [5.74, 6) is 0.615. The average molecular weight is 371 g/mol. The third-order valence-electron chi connectivity index (χ3n) is 3.52. The van der Waals surface area contributed by atoms with Gasteiger partial charge in [0, 0.05) is 31.9 Å². The van der Waals surface area contributed by atoms with Crippen LogP contribution in [0.3, 0.4) is 0 Å². The van der Waals surface area contributed by atoms with Crippen LogP contribution in [0.15, 0.2) is 23.2 Å². The first-order valence-electron chi connectivity index (χ1n) is 8.55. The predicted octanol–water partition coefficient (Wildman–Crippen LogP) is 2.53. The minimum absolute atomic E-state index is 0.0217. The zero-order valence-electron chi connectivity index (χ0n) is 16.0. The summed E-state index contributed by atoms with van der Waals surface area (Å²) in [5, 5.41) is 5.53. The molecular weight excluding hydrogens is 340 g/mol. The van der Waals surface area contributed by atoms with Crippen LogP contribution < -0.4 is 10.0 Å². The zero-order chi connectivity index (χ0) is 19.2. The molecule has 142 valence electrons. The van der Waals surface area contributed by atoms with Crippen molar-refractivity contribution in [1.82, 2.24) is 9.88 Å². The molecule has 1 aliphatic heterocycles. The minimum Gasteiger partial charge on any atom is -0.444 e. The van der Waals surface area contributed by atoms with Crippen LogP contribution in [0.5, 0.6) is 0 Å². The smallest absolute Gasteiger partial charge is 0.410 e. The molecule has 1 fully saturated rings. The Morgan fingerprint density at radius 2 is 2.00 bits per heavy atom. The fourth-order valence-electron chi connectivity index (χ4n) is 2.52. The van der Waals surface area contributed by atoms with E-state index in [0.29, 0.717) is 30.3 Å². The van der Waals surface area contributed by atoms with Crippen molar-refractivity contribution in [2.45, 2.75) is 58.1 Å². The number of hydrogen-bond acceptors (Lipinski definition) is 5. The Hall–Kier alpha value is -1.67. The normalized spacial score (nSPS) is 18.9. The first-order valence-corrected chi connectivity index (χ1v) is 9.76. The molecule has 25 heavy (non-hydrogen) atoms. The molecule has 2 rings (SSSR count). The van der Waals surface area contributed by atoms with E-state index in [2.05, 4.69) is 4.98 Å². The number of rotatable bonds is 2. The lowest BCUT2D eigenvalue weighted by Gasteiger charge is -2.41. The van der Waals surface area contributed by atoms with Crippen molar-refractivity contribution in [3.05, 3.63) is 18.3 Å². The summed E-state index contributed by atoms with van der Waals surface area (Å²) in [6.45, 7) is 13.2. The van der Waals surface area contributed by atoms with Gasteiger partial charge in [-0.05, 0) is 39.8 Å². The predicted molar refractivity (Wildman–Crippen MR) is 101 cm³/mol. The molecule has 1 unspecified atom stereocenters. The maximum atomic E-state index is 12.2. The van der Waals surface area contributed by atoms with Crippen LogP contribution >= 0.6 is 0 Å². The first-order chi connectivity index (χ1) is 11.7. The fraction of sp³-hybridized carbons (Fsp3) is 0.647. The number of hydrogen-bond donors (Lipinski definition) is 1. The molecule has 1 aromatic rings. The highest BCUT2D eigenvalue weighted by Crippen LogP contribution is 2.24. The summed E-state index contributed by atoms with van der Waals surface area (Å²) in [7, 11) is -1.60. The van der Waals surface area contributed by atoms with E-state index in [0.717, 1.165) is 0 Å². The lowest BCUT2D eigenvalue weighted by molar-refractivity contribution is 0.0218. The molecule has 1 saturated heterocycles. The quantitative estimate of drug-likeness (QED) is 0.864. The van der Waals surface area contributed by atoms with Gasteiger partial charge in [-0.1, -0.05) is 13.8 Å². The molecule has 2 heterocycles. The standard InChI is InChI=1S/C15H24N4O3S.C2H6/c1-11-10-18(14(20)22-15(2,3)4)8-9-19(11)13-12(23(16)21)6-5-7-17-13;1-2/h5-7,11H,8-10,16H2,1-4H3;1-2H3/t11-,23?;/m1./s1. The van der Waals surface area contributed by atoms with Gasteiger partial charge in [0.25, 0.3) is 0 Å². The van der Waals surface area contributed by atoms with Crippen LogP contribution in [-0.2, 0) is 15.7 Å². The molecule has 1 aliphatic rings. The Labute approximate surface area is 153 Å². The number of piperazine rings is 1. The summed E-state index contributed by atoms with van der Waals surface area (Å²) >= 11 is 0. The highest BCUT2D eigenvalue weighted by Gasteiger charge is 2.31. The number of carbonyl (C=O) groups is 1. The van der Waals surface area contributed by atoms with Crippen LogP contribution in [0.25, 0.3) is 0 Å². The molecule has 0 spiro atoms. The van der Waals surface area contributed by atoms with Crippen molar-refractivity contribution in [2.24, 2.45) is 5.14 Å². The van der Waals surface area contributed by atoms with E-state index in [4.69, 9.17) is 9.88 Å². The monoisotopic (exact) mass is 370 g/mol. The van der Waals surface area contributed by atoms with E-state index in [1.807, 2.05) is 46.4 Å². The Bertz CT molecular complexity index is 604.